The van der Waals surface area contributed by atoms with Gasteiger partial charge in [0.15, 0.2) is 0 Å². The summed E-state index contributed by atoms with van der Waals surface area (Å²) in [5.74, 6) is -0.178. The molecule has 0 fully saturated rings. The Morgan fingerprint density at radius 3 is 2.16 bits per heavy atom. The molecule has 1 unspecified atom stereocenters. The highest BCUT2D eigenvalue weighted by atomic mass is 32.2. The number of hydrogen-bond acceptors (Lipinski definition) is 4. The predicted molar refractivity (Wildman–Crippen MR) is 101 cm³/mol. The molecule has 0 aliphatic carbocycles. The second kappa shape index (κ2) is 8.78. The molecule has 1 aromatic carbocycles. The minimum absolute atomic E-state index is 0.00135. The molecule has 1 rings (SSSR count). The molecule has 7 heteroatoms. The molecule has 1 aromatic rings. The van der Waals surface area contributed by atoms with Crippen molar-refractivity contribution in [2.75, 3.05) is 18.5 Å². The first-order valence-electron chi connectivity index (χ1n) is 8.43. The van der Waals surface area contributed by atoms with E-state index in [1.807, 2.05) is 39.8 Å². The lowest BCUT2D eigenvalue weighted by Crippen LogP contribution is -2.33. The number of anilines is 1. The second-order valence-electron chi connectivity index (χ2n) is 7.41. The summed E-state index contributed by atoms with van der Waals surface area (Å²) in [6.07, 6.45) is 0. The first kappa shape index (κ1) is 21.6. The Morgan fingerprint density at radius 1 is 1.12 bits per heavy atom. The smallest absolute Gasteiger partial charge is 0.250 e. The number of benzene rings is 1. The van der Waals surface area contributed by atoms with Gasteiger partial charge in [-0.2, -0.15) is 0 Å². The third-order valence-corrected chi connectivity index (χ3v) is 5.42. The zero-order valence-electron chi connectivity index (χ0n) is 15.9. The minimum atomic E-state index is -3.26. The van der Waals surface area contributed by atoms with Gasteiger partial charge < -0.3 is 10.1 Å². The van der Waals surface area contributed by atoms with Crippen LogP contribution in [0.4, 0.5) is 5.69 Å². The number of hydrogen-bond donors (Lipinski definition) is 2. The quantitative estimate of drug-likeness (QED) is 0.737. The molecule has 0 aromatic heterocycles. The van der Waals surface area contributed by atoms with E-state index in [1.165, 1.54) is 0 Å². The van der Waals surface area contributed by atoms with Gasteiger partial charge in [-0.05, 0) is 58.2 Å². The summed E-state index contributed by atoms with van der Waals surface area (Å²) in [7, 11) is -3.26. The van der Waals surface area contributed by atoms with Gasteiger partial charge in [0.2, 0.25) is 15.9 Å². The maximum Gasteiger partial charge on any atom is 0.250 e. The van der Waals surface area contributed by atoms with Gasteiger partial charge in [0.25, 0.3) is 0 Å². The van der Waals surface area contributed by atoms with Crippen LogP contribution in [-0.4, -0.2) is 38.3 Å². The molecule has 0 saturated heterocycles. The lowest BCUT2D eigenvalue weighted by Gasteiger charge is -2.19. The number of carbonyl (C=O) groups is 1. The van der Waals surface area contributed by atoms with E-state index in [0.29, 0.717) is 12.2 Å². The number of carbonyl (C=O) groups excluding carboxylic acids is 1. The van der Waals surface area contributed by atoms with Crippen molar-refractivity contribution < 1.29 is 17.9 Å². The highest BCUT2D eigenvalue weighted by molar-refractivity contribution is 7.90. The normalized spacial score (nSPS) is 13.7. The lowest BCUT2D eigenvalue weighted by atomic mass is 10.0. The third-order valence-electron chi connectivity index (χ3n) is 3.61. The van der Waals surface area contributed by atoms with Crippen LogP contribution in [0.25, 0.3) is 0 Å². The second-order valence-corrected chi connectivity index (χ2v) is 9.74. The zero-order chi connectivity index (χ0) is 19.3. The summed E-state index contributed by atoms with van der Waals surface area (Å²) in [6, 6.07) is 7.37. The van der Waals surface area contributed by atoms with Gasteiger partial charge in [-0.15, -0.1) is 0 Å². The molecule has 1 amide bonds. The van der Waals surface area contributed by atoms with Crippen molar-refractivity contribution in [2.45, 2.75) is 58.3 Å². The molecule has 0 aliphatic rings. The van der Waals surface area contributed by atoms with Crippen molar-refractivity contribution in [3.8, 4) is 0 Å². The van der Waals surface area contributed by atoms with Crippen molar-refractivity contribution in [3.63, 3.8) is 0 Å². The topological polar surface area (TPSA) is 84.5 Å². The highest BCUT2D eigenvalue weighted by Crippen LogP contribution is 2.18. The molecule has 0 heterocycles. The summed E-state index contributed by atoms with van der Waals surface area (Å²) in [6.45, 7) is 11.3. The Balaban J connectivity index is 2.56. The number of amides is 1. The summed E-state index contributed by atoms with van der Waals surface area (Å²) in [5, 5.41) is 2.33. The van der Waals surface area contributed by atoms with Crippen LogP contribution in [0.2, 0.25) is 0 Å². The molecule has 0 saturated carbocycles. The third kappa shape index (κ3) is 7.98. The predicted octanol–water partition coefficient (Wildman–Crippen LogP) is 2.87. The van der Waals surface area contributed by atoms with Crippen LogP contribution in [0, 0.1) is 0 Å². The molecule has 25 heavy (non-hydrogen) atoms. The maximum atomic E-state index is 11.8. The Hall–Kier alpha value is -1.44. The fourth-order valence-corrected chi connectivity index (χ4v) is 2.72. The summed E-state index contributed by atoms with van der Waals surface area (Å²) in [5.41, 5.74) is 1.32. The van der Waals surface area contributed by atoms with Crippen LogP contribution in [0.5, 0.6) is 0 Å². The Kier molecular flexibility index (Phi) is 7.59. The van der Waals surface area contributed by atoms with Crippen LogP contribution in [0.3, 0.4) is 0 Å². The zero-order valence-corrected chi connectivity index (χ0v) is 16.7. The molecule has 6 nitrogen and oxygen atoms in total. The minimum Gasteiger partial charge on any atom is -0.366 e. The first-order chi connectivity index (χ1) is 11.4. The molecular weight excluding hydrogens is 340 g/mol. The number of ether oxygens (including phenoxy) is 1. The van der Waals surface area contributed by atoms with Gasteiger partial charge in [0, 0.05) is 12.2 Å². The molecule has 142 valence electrons. The maximum absolute atomic E-state index is 11.8. The van der Waals surface area contributed by atoms with E-state index in [2.05, 4.69) is 10.0 Å². The van der Waals surface area contributed by atoms with E-state index in [4.69, 9.17) is 4.74 Å². The molecule has 1 atom stereocenters. The van der Waals surface area contributed by atoms with Crippen molar-refractivity contribution in [1.29, 1.82) is 0 Å². The lowest BCUT2D eigenvalue weighted by molar-refractivity contribution is -0.125. The van der Waals surface area contributed by atoms with Crippen LogP contribution in [0.1, 0.15) is 53.0 Å². The largest absolute Gasteiger partial charge is 0.366 e. The van der Waals surface area contributed by atoms with E-state index < -0.39 is 15.3 Å². The number of rotatable bonds is 8. The van der Waals surface area contributed by atoms with E-state index >= 15 is 0 Å². The Morgan fingerprint density at radius 2 is 1.68 bits per heavy atom. The van der Waals surface area contributed by atoms with Crippen LogP contribution in [-0.2, 0) is 19.6 Å². The summed E-state index contributed by atoms with van der Waals surface area (Å²) in [4.78, 5) is 11.8. The van der Waals surface area contributed by atoms with Gasteiger partial charge in [0.1, 0.15) is 6.61 Å². The van der Waals surface area contributed by atoms with E-state index in [-0.39, 0.29) is 24.0 Å². The van der Waals surface area contributed by atoms with E-state index in [9.17, 15) is 13.2 Å². The number of sulfonamides is 1. The van der Waals surface area contributed by atoms with Gasteiger partial charge in [-0.3, -0.25) is 4.79 Å². The van der Waals surface area contributed by atoms with E-state index in [0.717, 1.165) is 5.56 Å². The molecule has 0 aliphatic heterocycles. The van der Waals surface area contributed by atoms with Gasteiger partial charge >= 0.3 is 0 Å². The van der Waals surface area contributed by atoms with Gasteiger partial charge in [-0.25, -0.2) is 13.1 Å². The van der Waals surface area contributed by atoms with Crippen molar-refractivity contribution in [1.82, 2.24) is 4.72 Å². The van der Waals surface area contributed by atoms with Gasteiger partial charge in [-0.1, -0.05) is 19.1 Å². The van der Waals surface area contributed by atoms with Crippen molar-refractivity contribution in [3.05, 3.63) is 29.8 Å². The summed E-state index contributed by atoms with van der Waals surface area (Å²) < 4.78 is 31.7. The Bertz CT molecular complexity index is 661. The average Bonchev–Trinajstić information content (AvgIpc) is 2.50. The van der Waals surface area contributed by atoms with E-state index in [1.54, 1.807) is 26.0 Å². The standard InChI is InChI=1S/C18H30N2O4S/c1-13(2)25(22,23)19-11-14(3)15-7-9-16(10-8-15)20-17(21)12-24-18(4,5)6/h7-10,13-14,19H,11-12H2,1-6H3,(H,20,21). The van der Waals surface area contributed by atoms with Crippen LogP contribution in [0.15, 0.2) is 24.3 Å². The SMILES string of the molecule is CC(CNS(=O)(=O)C(C)C)c1ccc(NC(=O)COC(C)(C)C)cc1. The molecule has 0 spiro atoms. The van der Waals surface area contributed by atoms with Crippen molar-refractivity contribution >= 4 is 21.6 Å². The fraction of sp³-hybridized carbons (Fsp3) is 0.611. The molecular formula is C18H30N2O4S. The fourth-order valence-electron chi connectivity index (χ4n) is 1.90. The number of nitrogens with one attached hydrogen (secondary N) is 2. The van der Waals surface area contributed by atoms with Crippen LogP contribution < -0.4 is 10.0 Å². The summed E-state index contributed by atoms with van der Waals surface area (Å²) >= 11 is 0. The Labute approximate surface area is 151 Å². The molecule has 2 N–H and O–H groups in total. The van der Waals surface area contributed by atoms with Gasteiger partial charge in [0.05, 0.1) is 10.9 Å². The highest BCUT2D eigenvalue weighted by Gasteiger charge is 2.17. The van der Waals surface area contributed by atoms with Crippen molar-refractivity contribution in [2.24, 2.45) is 0 Å². The monoisotopic (exact) mass is 370 g/mol. The first-order valence-corrected chi connectivity index (χ1v) is 9.97. The molecule has 0 bridgehead atoms. The molecule has 0 radical (unpaired) electrons. The average molecular weight is 371 g/mol. The van der Waals surface area contributed by atoms with Crippen LogP contribution >= 0.6 is 0 Å².